The number of nitrogens with one attached hydrogen (secondary N) is 2. The summed E-state index contributed by atoms with van der Waals surface area (Å²) in [5.74, 6) is -2.45. The normalized spacial score (nSPS) is 10.6. The number of hydrogen-bond donors (Lipinski definition) is 2. The maximum absolute atomic E-state index is 13.5. The first-order valence-corrected chi connectivity index (χ1v) is 8.25. The van der Waals surface area contributed by atoms with E-state index >= 15 is 0 Å². The van der Waals surface area contributed by atoms with E-state index in [9.17, 15) is 18.4 Å². The van der Waals surface area contributed by atoms with Crippen molar-refractivity contribution in [2.45, 2.75) is 0 Å². The zero-order chi connectivity index (χ0) is 18.7. The molecule has 0 saturated carbocycles. The molecule has 0 aliphatic heterocycles. The number of rotatable bonds is 5. The van der Waals surface area contributed by atoms with Gasteiger partial charge >= 0.3 is 0 Å². The van der Waals surface area contributed by atoms with Gasteiger partial charge in [0.1, 0.15) is 17.4 Å². The highest BCUT2D eigenvalue weighted by Crippen LogP contribution is 2.29. The smallest absolute Gasteiger partial charge is 0.254 e. The van der Waals surface area contributed by atoms with Crippen LogP contribution in [0, 0.1) is 11.6 Å². The Bertz CT molecular complexity index is 991. The minimum atomic E-state index is -0.997. The van der Waals surface area contributed by atoms with Gasteiger partial charge < -0.3 is 15.4 Å². The number of nitrogens with zero attached hydrogens (tertiary/aromatic N) is 1. The molecule has 6 nitrogen and oxygen atoms in total. The van der Waals surface area contributed by atoms with E-state index in [2.05, 4.69) is 15.6 Å². The van der Waals surface area contributed by atoms with E-state index in [-0.39, 0.29) is 12.1 Å². The third kappa shape index (κ3) is 3.94. The molecule has 1 aromatic heterocycles. The Morgan fingerprint density at radius 2 is 2.00 bits per heavy atom. The molecule has 0 aliphatic rings. The summed E-state index contributed by atoms with van der Waals surface area (Å²) in [4.78, 5) is 28.1. The Hall–Kier alpha value is -3.07. The number of aromatic nitrogens is 1. The number of carbonyl (C=O) groups is 2. The van der Waals surface area contributed by atoms with E-state index in [1.165, 1.54) is 11.3 Å². The van der Waals surface area contributed by atoms with Crippen molar-refractivity contribution in [3.63, 3.8) is 0 Å². The molecule has 0 atom stereocenters. The Kier molecular flexibility index (Phi) is 5.08. The lowest BCUT2D eigenvalue weighted by Gasteiger charge is -2.06. The fourth-order valence-corrected chi connectivity index (χ4v) is 3.09. The molecule has 9 heteroatoms. The van der Waals surface area contributed by atoms with Crippen molar-refractivity contribution >= 4 is 38.5 Å². The van der Waals surface area contributed by atoms with Crippen LogP contribution < -0.4 is 15.4 Å². The Labute approximate surface area is 150 Å². The van der Waals surface area contributed by atoms with E-state index < -0.39 is 23.4 Å². The van der Waals surface area contributed by atoms with Crippen LogP contribution in [-0.2, 0) is 4.79 Å². The lowest BCUT2D eigenvalue weighted by molar-refractivity contribution is -0.115. The third-order valence-corrected chi connectivity index (χ3v) is 4.36. The molecule has 2 N–H and O–H groups in total. The van der Waals surface area contributed by atoms with E-state index in [1.54, 1.807) is 25.3 Å². The summed E-state index contributed by atoms with van der Waals surface area (Å²) in [6.07, 6.45) is 0. The topological polar surface area (TPSA) is 80.3 Å². The molecule has 3 rings (SSSR count). The van der Waals surface area contributed by atoms with Crippen LogP contribution in [0.15, 0.2) is 36.4 Å². The number of ether oxygens (including phenoxy) is 1. The molecule has 134 valence electrons. The number of halogens is 2. The largest absolute Gasteiger partial charge is 0.497 e. The fourth-order valence-electron chi connectivity index (χ4n) is 2.18. The average Bonchev–Trinajstić information content (AvgIpc) is 3.00. The Morgan fingerprint density at radius 3 is 2.73 bits per heavy atom. The summed E-state index contributed by atoms with van der Waals surface area (Å²) in [5.41, 5.74) is 0.356. The second kappa shape index (κ2) is 7.44. The SMILES string of the molecule is COc1ccc2nc(NC(=O)CNC(=O)c3ccc(F)cc3F)sc2c1. The summed E-state index contributed by atoms with van der Waals surface area (Å²) < 4.78 is 32.3. The van der Waals surface area contributed by atoms with Crippen molar-refractivity contribution in [3.8, 4) is 5.75 Å². The summed E-state index contributed by atoms with van der Waals surface area (Å²) in [7, 11) is 1.55. The number of thiazole rings is 1. The van der Waals surface area contributed by atoms with Gasteiger partial charge in [0, 0.05) is 6.07 Å². The van der Waals surface area contributed by atoms with Gasteiger partial charge in [-0.15, -0.1) is 0 Å². The predicted octanol–water partition coefficient (Wildman–Crippen LogP) is 2.95. The van der Waals surface area contributed by atoms with E-state index in [4.69, 9.17) is 4.74 Å². The number of amides is 2. The molecule has 0 spiro atoms. The van der Waals surface area contributed by atoms with Crippen molar-refractivity contribution in [1.82, 2.24) is 10.3 Å². The maximum Gasteiger partial charge on any atom is 0.254 e. The molecule has 0 aliphatic carbocycles. The number of carbonyl (C=O) groups excluding carboxylic acids is 2. The standard InChI is InChI=1S/C17H13F2N3O3S/c1-25-10-3-5-13-14(7-10)26-17(21-13)22-15(23)8-20-16(24)11-4-2-9(18)6-12(11)19/h2-7H,8H2,1H3,(H,20,24)(H,21,22,23). The van der Waals surface area contributed by atoms with Crippen LogP contribution in [0.2, 0.25) is 0 Å². The van der Waals surface area contributed by atoms with Crippen molar-refractivity contribution in [1.29, 1.82) is 0 Å². The number of fused-ring (bicyclic) bond motifs is 1. The highest BCUT2D eigenvalue weighted by Gasteiger charge is 2.14. The quantitative estimate of drug-likeness (QED) is 0.716. The number of hydrogen-bond acceptors (Lipinski definition) is 5. The highest BCUT2D eigenvalue weighted by atomic mass is 32.1. The Balaban J connectivity index is 1.61. The van der Waals surface area contributed by atoms with Crippen LogP contribution >= 0.6 is 11.3 Å². The van der Waals surface area contributed by atoms with Crippen LogP contribution in [0.4, 0.5) is 13.9 Å². The minimum absolute atomic E-state index is 0.341. The molecule has 0 fully saturated rings. The van der Waals surface area contributed by atoms with Crippen molar-refractivity contribution < 1.29 is 23.1 Å². The van der Waals surface area contributed by atoms with Crippen molar-refractivity contribution in [2.75, 3.05) is 19.0 Å². The zero-order valence-electron chi connectivity index (χ0n) is 13.5. The number of benzene rings is 2. The van der Waals surface area contributed by atoms with Gasteiger partial charge in [0.15, 0.2) is 5.13 Å². The number of anilines is 1. The fraction of sp³-hybridized carbons (Fsp3) is 0.118. The van der Waals surface area contributed by atoms with Crippen molar-refractivity contribution in [2.24, 2.45) is 0 Å². The minimum Gasteiger partial charge on any atom is -0.497 e. The predicted molar refractivity (Wildman–Crippen MR) is 93.5 cm³/mol. The first kappa shape index (κ1) is 17.7. The second-order valence-electron chi connectivity index (χ2n) is 5.21. The molecule has 3 aromatic rings. The lowest BCUT2D eigenvalue weighted by atomic mass is 10.2. The molecule has 2 aromatic carbocycles. The van der Waals surface area contributed by atoms with Gasteiger partial charge in [-0.3, -0.25) is 9.59 Å². The molecule has 0 unspecified atom stereocenters. The monoisotopic (exact) mass is 377 g/mol. The zero-order valence-corrected chi connectivity index (χ0v) is 14.3. The summed E-state index contributed by atoms with van der Waals surface area (Å²) in [6, 6.07) is 7.89. The molecule has 2 amide bonds. The van der Waals surface area contributed by atoms with Gasteiger partial charge in [0.2, 0.25) is 5.91 Å². The van der Waals surface area contributed by atoms with Crippen LogP contribution in [-0.4, -0.2) is 30.5 Å². The average molecular weight is 377 g/mol. The van der Waals surface area contributed by atoms with Gasteiger partial charge in [-0.25, -0.2) is 13.8 Å². The second-order valence-corrected chi connectivity index (χ2v) is 6.24. The molecule has 26 heavy (non-hydrogen) atoms. The molecule has 0 radical (unpaired) electrons. The van der Waals surface area contributed by atoms with E-state index in [0.717, 1.165) is 16.8 Å². The Morgan fingerprint density at radius 1 is 1.19 bits per heavy atom. The van der Waals surface area contributed by atoms with Gasteiger partial charge in [0.25, 0.3) is 5.91 Å². The summed E-state index contributed by atoms with van der Waals surface area (Å²) in [6.45, 7) is -0.380. The molecule has 1 heterocycles. The maximum atomic E-state index is 13.5. The van der Waals surface area contributed by atoms with Gasteiger partial charge in [-0.05, 0) is 30.3 Å². The first-order valence-electron chi connectivity index (χ1n) is 7.44. The van der Waals surface area contributed by atoms with E-state index in [1.807, 2.05) is 0 Å². The molecular formula is C17H13F2N3O3S. The first-order chi connectivity index (χ1) is 12.5. The van der Waals surface area contributed by atoms with Gasteiger partial charge in [-0.1, -0.05) is 11.3 Å². The van der Waals surface area contributed by atoms with Crippen LogP contribution in [0.1, 0.15) is 10.4 Å². The molecule has 0 bridgehead atoms. The number of methoxy groups -OCH3 is 1. The van der Waals surface area contributed by atoms with Crippen LogP contribution in [0.5, 0.6) is 5.75 Å². The third-order valence-electron chi connectivity index (χ3n) is 3.43. The van der Waals surface area contributed by atoms with Crippen molar-refractivity contribution in [3.05, 3.63) is 53.6 Å². The summed E-state index contributed by atoms with van der Waals surface area (Å²) in [5, 5.41) is 5.19. The molecule has 0 saturated heterocycles. The summed E-state index contributed by atoms with van der Waals surface area (Å²) >= 11 is 1.25. The van der Waals surface area contributed by atoms with Gasteiger partial charge in [0.05, 0.1) is 29.4 Å². The lowest BCUT2D eigenvalue weighted by Crippen LogP contribution is -2.33. The van der Waals surface area contributed by atoms with E-state index in [0.29, 0.717) is 22.5 Å². The molecular weight excluding hydrogens is 364 g/mol. The van der Waals surface area contributed by atoms with Gasteiger partial charge in [-0.2, -0.15) is 0 Å². The van der Waals surface area contributed by atoms with Crippen LogP contribution in [0.3, 0.4) is 0 Å². The highest BCUT2D eigenvalue weighted by molar-refractivity contribution is 7.22. The van der Waals surface area contributed by atoms with Crippen LogP contribution in [0.25, 0.3) is 10.2 Å².